The van der Waals surface area contributed by atoms with Gasteiger partial charge in [0.15, 0.2) is 0 Å². The van der Waals surface area contributed by atoms with Crippen molar-refractivity contribution >= 4 is 19.6 Å². The third-order valence-corrected chi connectivity index (χ3v) is 1.24. The number of rotatable bonds is 3. The van der Waals surface area contributed by atoms with Crippen LogP contribution in [0.1, 0.15) is 5.56 Å². The average Bonchev–Trinajstić information content (AvgIpc) is 2.05. The van der Waals surface area contributed by atoms with Crippen molar-refractivity contribution in [3.05, 3.63) is 35.9 Å². The Morgan fingerprint density at radius 3 is 2.54 bits per heavy atom. The molecule has 0 unspecified atom stereocenters. The van der Waals surface area contributed by atoms with Crippen LogP contribution in [0.15, 0.2) is 30.3 Å². The van der Waals surface area contributed by atoms with Gasteiger partial charge in [-0.25, -0.2) is 4.79 Å². The van der Waals surface area contributed by atoms with E-state index in [4.69, 9.17) is 5.11 Å². The van der Waals surface area contributed by atoms with Crippen molar-refractivity contribution in [1.29, 1.82) is 0 Å². The van der Waals surface area contributed by atoms with Gasteiger partial charge in [-0.15, -0.1) is 0 Å². The normalized spacial score (nSPS) is 8.62. The minimum absolute atomic E-state index is 0. The van der Waals surface area contributed by atoms with E-state index in [2.05, 4.69) is 4.84 Å². The van der Waals surface area contributed by atoms with Crippen molar-refractivity contribution in [2.24, 2.45) is 0 Å². The standard InChI is InChI=1S/C8H9NO3.H2S/c10-8(11)9-12-6-7-4-2-1-3-5-7;/h1-5,9H,6H2,(H,10,11);1H2. The molecular formula is C8H11NO3S. The second-order valence-electron chi connectivity index (χ2n) is 2.18. The summed E-state index contributed by atoms with van der Waals surface area (Å²) in [6.07, 6.45) is -1.19. The summed E-state index contributed by atoms with van der Waals surface area (Å²) in [6, 6.07) is 9.31. The highest BCUT2D eigenvalue weighted by Gasteiger charge is 1.94. The highest BCUT2D eigenvalue weighted by Crippen LogP contribution is 1.98. The Kier molecular flexibility index (Phi) is 5.75. The molecule has 0 atom stereocenters. The molecule has 5 heteroatoms. The zero-order valence-electron chi connectivity index (χ0n) is 6.86. The molecule has 0 saturated heterocycles. The number of carbonyl (C=O) groups is 1. The third kappa shape index (κ3) is 5.10. The van der Waals surface area contributed by atoms with Gasteiger partial charge in [-0.2, -0.15) is 19.0 Å². The van der Waals surface area contributed by atoms with E-state index >= 15 is 0 Å². The van der Waals surface area contributed by atoms with Crippen molar-refractivity contribution in [1.82, 2.24) is 5.48 Å². The zero-order chi connectivity index (χ0) is 8.81. The van der Waals surface area contributed by atoms with Crippen molar-refractivity contribution in [2.45, 2.75) is 6.61 Å². The van der Waals surface area contributed by atoms with Crippen LogP contribution >= 0.6 is 13.5 Å². The molecule has 0 fully saturated rings. The van der Waals surface area contributed by atoms with Crippen LogP contribution < -0.4 is 5.48 Å². The third-order valence-electron chi connectivity index (χ3n) is 1.24. The molecule has 0 heterocycles. The summed E-state index contributed by atoms with van der Waals surface area (Å²) < 4.78 is 0. The second kappa shape index (κ2) is 6.33. The number of amides is 1. The van der Waals surface area contributed by atoms with Crippen LogP contribution in [0, 0.1) is 0 Å². The maximum absolute atomic E-state index is 9.95. The fraction of sp³-hybridized carbons (Fsp3) is 0.125. The fourth-order valence-electron chi connectivity index (χ4n) is 0.755. The smallest absolute Gasteiger partial charge is 0.428 e. The lowest BCUT2D eigenvalue weighted by atomic mass is 10.2. The number of nitrogens with one attached hydrogen (secondary N) is 1. The van der Waals surface area contributed by atoms with Gasteiger partial charge in [-0.3, -0.25) is 4.84 Å². The van der Waals surface area contributed by atoms with Crippen molar-refractivity contribution < 1.29 is 14.7 Å². The maximum atomic E-state index is 9.95. The van der Waals surface area contributed by atoms with Gasteiger partial charge >= 0.3 is 6.09 Å². The highest BCUT2D eigenvalue weighted by molar-refractivity contribution is 7.59. The van der Waals surface area contributed by atoms with E-state index in [1.54, 1.807) is 0 Å². The van der Waals surface area contributed by atoms with E-state index in [1.807, 2.05) is 35.8 Å². The van der Waals surface area contributed by atoms with Gasteiger partial charge in [0, 0.05) is 0 Å². The number of hydrogen-bond donors (Lipinski definition) is 2. The first-order chi connectivity index (χ1) is 5.79. The number of hydrogen-bond acceptors (Lipinski definition) is 2. The largest absolute Gasteiger partial charge is 0.464 e. The lowest BCUT2D eigenvalue weighted by Gasteiger charge is -2.01. The Morgan fingerprint density at radius 2 is 2.00 bits per heavy atom. The molecule has 1 aromatic carbocycles. The summed E-state index contributed by atoms with van der Waals surface area (Å²) in [7, 11) is 0. The van der Waals surface area contributed by atoms with E-state index in [1.165, 1.54) is 0 Å². The van der Waals surface area contributed by atoms with Gasteiger partial charge in [0.1, 0.15) is 0 Å². The Hall–Kier alpha value is -1.20. The maximum Gasteiger partial charge on any atom is 0.428 e. The molecule has 0 radical (unpaired) electrons. The summed E-state index contributed by atoms with van der Waals surface area (Å²) in [6.45, 7) is 0.243. The van der Waals surface area contributed by atoms with Gasteiger partial charge in [0.2, 0.25) is 0 Å². The summed E-state index contributed by atoms with van der Waals surface area (Å²) in [5.41, 5.74) is 2.73. The molecule has 1 aromatic rings. The SMILES string of the molecule is O=C(O)NOCc1ccccc1.S. The topological polar surface area (TPSA) is 58.6 Å². The predicted octanol–water partition coefficient (Wildman–Crippen LogP) is 1.50. The van der Waals surface area contributed by atoms with Crippen molar-refractivity contribution in [3.8, 4) is 0 Å². The molecule has 0 saturated carbocycles. The van der Waals surface area contributed by atoms with Crippen LogP contribution in [0.25, 0.3) is 0 Å². The lowest BCUT2D eigenvalue weighted by Crippen LogP contribution is -2.20. The molecule has 0 bridgehead atoms. The Labute approximate surface area is 82.9 Å². The molecule has 1 amide bonds. The summed E-state index contributed by atoms with van der Waals surface area (Å²) in [5.74, 6) is 0. The van der Waals surface area contributed by atoms with Crippen LogP contribution in [0.5, 0.6) is 0 Å². The molecule has 1 rings (SSSR count). The van der Waals surface area contributed by atoms with Crippen LogP contribution in [0.4, 0.5) is 4.79 Å². The number of carboxylic acid groups (broad SMARTS) is 1. The monoisotopic (exact) mass is 201 g/mol. The first-order valence-electron chi connectivity index (χ1n) is 3.43. The quantitative estimate of drug-likeness (QED) is 0.728. The molecule has 0 aliphatic carbocycles. The molecular weight excluding hydrogens is 190 g/mol. The summed E-state index contributed by atoms with van der Waals surface area (Å²) >= 11 is 0. The molecule has 13 heavy (non-hydrogen) atoms. The van der Waals surface area contributed by atoms with Crippen LogP contribution in [0.3, 0.4) is 0 Å². The molecule has 0 spiro atoms. The number of hydroxylamine groups is 1. The molecule has 0 aliphatic heterocycles. The molecule has 2 N–H and O–H groups in total. The second-order valence-corrected chi connectivity index (χ2v) is 2.18. The number of benzene rings is 1. The highest BCUT2D eigenvalue weighted by atomic mass is 32.1. The van der Waals surface area contributed by atoms with E-state index in [-0.39, 0.29) is 20.1 Å². The Balaban J connectivity index is 0.00000144. The van der Waals surface area contributed by atoms with E-state index in [0.717, 1.165) is 5.56 Å². The van der Waals surface area contributed by atoms with Gasteiger partial charge in [0.05, 0.1) is 6.61 Å². The van der Waals surface area contributed by atoms with Crippen LogP contribution in [-0.4, -0.2) is 11.2 Å². The van der Waals surface area contributed by atoms with Gasteiger partial charge in [-0.05, 0) is 5.56 Å². The fourth-order valence-corrected chi connectivity index (χ4v) is 0.755. The van der Waals surface area contributed by atoms with Crippen molar-refractivity contribution in [3.63, 3.8) is 0 Å². The van der Waals surface area contributed by atoms with E-state index in [9.17, 15) is 4.79 Å². The zero-order valence-corrected chi connectivity index (χ0v) is 7.86. The molecule has 0 aliphatic rings. The molecule has 0 aromatic heterocycles. The first-order valence-corrected chi connectivity index (χ1v) is 3.43. The minimum atomic E-state index is -1.19. The summed E-state index contributed by atoms with van der Waals surface area (Å²) in [4.78, 5) is 14.6. The molecule has 4 nitrogen and oxygen atoms in total. The van der Waals surface area contributed by atoms with Gasteiger partial charge in [0.25, 0.3) is 0 Å². The van der Waals surface area contributed by atoms with Gasteiger partial charge in [-0.1, -0.05) is 30.3 Å². The molecule has 72 valence electrons. The lowest BCUT2D eigenvalue weighted by molar-refractivity contribution is 0.0315. The van der Waals surface area contributed by atoms with E-state index < -0.39 is 6.09 Å². The Bertz CT molecular complexity index is 253. The first kappa shape index (κ1) is 11.8. The summed E-state index contributed by atoms with van der Waals surface area (Å²) in [5, 5.41) is 8.16. The average molecular weight is 201 g/mol. The van der Waals surface area contributed by atoms with Crippen LogP contribution in [-0.2, 0) is 11.4 Å². The van der Waals surface area contributed by atoms with Crippen molar-refractivity contribution in [2.75, 3.05) is 0 Å². The van der Waals surface area contributed by atoms with E-state index in [0.29, 0.717) is 0 Å². The Morgan fingerprint density at radius 1 is 1.38 bits per heavy atom. The van der Waals surface area contributed by atoms with Gasteiger partial charge < -0.3 is 5.11 Å². The van der Waals surface area contributed by atoms with Crippen LogP contribution in [0.2, 0.25) is 0 Å². The minimum Gasteiger partial charge on any atom is -0.464 e. The predicted molar refractivity (Wildman–Crippen MR) is 52.8 cm³/mol.